The lowest BCUT2D eigenvalue weighted by atomic mass is 10.2. The van der Waals surface area contributed by atoms with Crippen LogP contribution in [0.15, 0.2) is 36.9 Å². The summed E-state index contributed by atoms with van der Waals surface area (Å²) in [6.07, 6.45) is 1.14. The molecule has 0 aliphatic rings. The summed E-state index contributed by atoms with van der Waals surface area (Å²) < 4.78 is 13.2. The van der Waals surface area contributed by atoms with Gasteiger partial charge in [0, 0.05) is 13.1 Å². The van der Waals surface area contributed by atoms with Crippen LogP contribution in [0.1, 0.15) is 10.4 Å². The lowest BCUT2D eigenvalue weighted by Gasteiger charge is -2.06. The molecule has 0 radical (unpaired) electrons. The Balaban J connectivity index is 2.38. The second-order valence-corrected chi connectivity index (χ2v) is 3.23. The van der Waals surface area contributed by atoms with Crippen molar-refractivity contribution in [3.8, 4) is 0 Å². The van der Waals surface area contributed by atoms with Crippen LogP contribution < -0.4 is 10.6 Å². The molecule has 0 aromatic heterocycles. The molecule has 1 rings (SSSR count). The Morgan fingerprint density at radius 2 is 1.88 bits per heavy atom. The standard InChI is InChI=1S/C12H13FN2O2/c1-2-11(16)14-7-8-15-12(17)9-5-3-4-6-10(9)13/h2-6H,1,7-8H2,(H,14,16)(H,15,17). The fourth-order valence-electron chi connectivity index (χ4n) is 1.17. The predicted molar refractivity (Wildman–Crippen MR) is 61.9 cm³/mol. The summed E-state index contributed by atoms with van der Waals surface area (Å²) in [5.41, 5.74) is -0.0115. The molecule has 1 aromatic carbocycles. The molecule has 0 aliphatic carbocycles. The summed E-state index contributed by atoms with van der Waals surface area (Å²) in [5, 5.41) is 4.98. The second-order valence-electron chi connectivity index (χ2n) is 3.23. The highest BCUT2D eigenvalue weighted by molar-refractivity contribution is 5.94. The molecule has 90 valence electrons. The Morgan fingerprint density at radius 1 is 1.24 bits per heavy atom. The zero-order valence-corrected chi connectivity index (χ0v) is 9.20. The maximum atomic E-state index is 13.2. The molecule has 0 aliphatic heterocycles. The van der Waals surface area contributed by atoms with Crippen molar-refractivity contribution in [2.75, 3.05) is 13.1 Å². The van der Waals surface area contributed by atoms with Crippen molar-refractivity contribution in [2.45, 2.75) is 0 Å². The monoisotopic (exact) mass is 236 g/mol. The SMILES string of the molecule is C=CC(=O)NCCNC(=O)c1ccccc1F. The molecular formula is C12H13FN2O2. The predicted octanol–water partition coefficient (Wildman–Crippen LogP) is 0.858. The third-order valence-electron chi connectivity index (χ3n) is 2.01. The summed E-state index contributed by atoms with van der Waals surface area (Å²) in [6, 6.07) is 5.70. The maximum absolute atomic E-state index is 13.2. The van der Waals surface area contributed by atoms with Crippen LogP contribution in [0.3, 0.4) is 0 Å². The van der Waals surface area contributed by atoms with Crippen molar-refractivity contribution in [1.29, 1.82) is 0 Å². The van der Waals surface area contributed by atoms with E-state index in [1.165, 1.54) is 18.2 Å². The van der Waals surface area contributed by atoms with Gasteiger partial charge in [-0.15, -0.1) is 0 Å². The van der Waals surface area contributed by atoms with Crippen LogP contribution in [0.25, 0.3) is 0 Å². The van der Waals surface area contributed by atoms with Crippen molar-refractivity contribution in [1.82, 2.24) is 10.6 Å². The number of carbonyl (C=O) groups excluding carboxylic acids is 2. The van der Waals surface area contributed by atoms with E-state index in [0.29, 0.717) is 0 Å². The minimum absolute atomic E-state index is 0.0115. The molecule has 0 spiro atoms. The van der Waals surface area contributed by atoms with Gasteiger partial charge in [0.1, 0.15) is 5.82 Å². The van der Waals surface area contributed by atoms with Gasteiger partial charge in [-0.05, 0) is 18.2 Å². The highest BCUT2D eigenvalue weighted by Gasteiger charge is 2.09. The Kier molecular flexibility index (Phi) is 4.87. The molecule has 0 fully saturated rings. The summed E-state index contributed by atoms with van der Waals surface area (Å²) >= 11 is 0. The molecule has 4 nitrogen and oxygen atoms in total. The smallest absolute Gasteiger partial charge is 0.254 e. The summed E-state index contributed by atoms with van der Waals surface area (Å²) in [7, 11) is 0. The van der Waals surface area contributed by atoms with Crippen molar-refractivity contribution in [3.63, 3.8) is 0 Å². The molecule has 0 saturated carbocycles. The lowest BCUT2D eigenvalue weighted by Crippen LogP contribution is -2.34. The zero-order valence-electron chi connectivity index (χ0n) is 9.20. The molecule has 2 N–H and O–H groups in total. The number of nitrogens with one attached hydrogen (secondary N) is 2. The lowest BCUT2D eigenvalue weighted by molar-refractivity contribution is -0.116. The van der Waals surface area contributed by atoms with E-state index in [4.69, 9.17) is 0 Å². The zero-order chi connectivity index (χ0) is 12.7. The van der Waals surface area contributed by atoms with E-state index >= 15 is 0 Å². The molecule has 2 amide bonds. The highest BCUT2D eigenvalue weighted by Crippen LogP contribution is 2.05. The first-order chi connectivity index (χ1) is 8.15. The van der Waals surface area contributed by atoms with Gasteiger partial charge < -0.3 is 10.6 Å². The average molecular weight is 236 g/mol. The summed E-state index contributed by atoms with van der Waals surface area (Å²) in [5.74, 6) is -1.39. The van der Waals surface area contributed by atoms with Crippen LogP contribution in [-0.2, 0) is 4.79 Å². The summed E-state index contributed by atoms with van der Waals surface area (Å²) in [6.45, 7) is 3.78. The normalized spacial score (nSPS) is 9.47. The Morgan fingerprint density at radius 3 is 2.53 bits per heavy atom. The van der Waals surface area contributed by atoms with E-state index in [0.717, 1.165) is 6.08 Å². The first-order valence-electron chi connectivity index (χ1n) is 5.08. The Bertz CT molecular complexity index is 432. The van der Waals surface area contributed by atoms with Gasteiger partial charge in [-0.2, -0.15) is 0 Å². The van der Waals surface area contributed by atoms with Gasteiger partial charge in [0.05, 0.1) is 5.56 Å². The van der Waals surface area contributed by atoms with E-state index in [2.05, 4.69) is 17.2 Å². The molecule has 0 atom stereocenters. The molecule has 0 heterocycles. The molecule has 0 unspecified atom stereocenters. The fourth-order valence-corrected chi connectivity index (χ4v) is 1.17. The number of halogens is 1. The van der Waals surface area contributed by atoms with E-state index in [-0.39, 0.29) is 24.6 Å². The molecule has 1 aromatic rings. The van der Waals surface area contributed by atoms with Gasteiger partial charge >= 0.3 is 0 Å². The largest absolute Gasteiger partial charge is 0.351 e. The van der Waals surface area contributed by atoms with Gasteiger partial charge in [-0.3, -0.25) is 9.59 Å². The fraction of sp³-hybridized carbons (Fsp3) is 0.167. The van der Waals surface area contributed by atoms with Crippen LogP contribution in [0, 0.1) is 5.82 Å². The van der Waals surface area contributed by atoms with Crippen LogP contribution in [-0.4, -0.2) is 24.9 Å². The van der Waals surface area contributed by atoms with Crippen LogP contribution >= 0.6 is 0 Å². The highest BCUT2D eigenvalue weighted by atomic mass is 19.1. The van der Waals surface area contributed by atoms with E-state index in [1.54, 1.807) is 6.07 Å². The number of benzene rings is 1. The second kappa shape index (κ2) is 6.42. The van der Waals surface area contributed by atoms with E-state index in [1.807, 2.05) is 0 Å². The number of rotatable bonds is 5. The van der Waals surface area contributed by atoms with Gasteiger partial charge in [0.15, 0.2) is 0 Å². The van der Waals surface area contributed by atoms with Gasteiger partial charge in [-0.25, -0.2) is 4.39 Å². The van der Waals surface area contributed by atoms with Gasteiger partial charge in [0.2, 0.25) is 5.91 Å². The van der Waals surface area contributed by atoms with E-state index in [9.17, 15) is 14.0 Å². The number of hydrogen-bond acceptors (Lipinski definition) is 2. The van der Waals surface area contributed by atoms with E-state index < -0.39 is 11.7 Å². The molecule has 0 saturated heterocycles. The molecule has 0 bridgehead atoms. The molecule has 5 heteroatoms. The van der Waals surface area contributed by atoms with Crippen LogP contribution in [0.2, 0.25) is 0 Å². The first kappa shape index (κ1) is 12.9. The minimum Gasteiger partial charge on any atom is -0.351 e. The number of hydrogen-bond donors (Lipinski definition) is 2. The maximum Gasteiger partial charge on any atom is 0.254 e. The van der Waals surface area contributed by atoms with Crippen LogP contribution in [0.4, 0.5) is 4.39 Å². The molecular weight excluding hydrogens is 223 g/mol. The van der Waals surface area contributed by atoms with Crippen molar-refractivity contribution < 1.29 is 14.0 Å². The Hall–Kier alpha value is -2.17. The summed E-state index contributed by atoms with van der Waals surface area (Å²) in [4.78, 5) is 22.3. The van der Waals surface area contributed by atoms with Gasteiger partial charge in [0.25, 0.3) is 5.91 Å². The topological polar surface area (TPSA) is 58.2 Å². The minimum atomic E-state index is -0.569. The first-order valence-corrected chi connectivity index (χ1v) is 5.08. The van der Waals surface area contributed by atoms with Crippen molar-refractivity contribution in [2.24, 2.45) is 0 Å². The third kappa shape index (κ3) is 4.06. The number of amides is 2. The van der Waals surface area contributed by atoms with Crippen LogP contribution in [0.5, 0.6) is 0 Å². The molecule has 17 heavy (non-hydrogen) atoms. The quantitative estimate of drug-likeness (QED) is 0.588. The number of carbonyl (C=O) groups is 2. The Labute approximate surface area is 98.5 Å². The van der Waals surface area contributed by atoms with Crippen molar-refractivity contribution >= 4 is 11.8 Å². The third-order valence-corrected chi connectivity index (χ3v) is 2.01. The van der Waals surface area contributed by atoms with Gasteiger partial charge in [-0.1, -0.05) is 18.7 Å². The van der Waals surface area contributed by atoms with Crippen molar-refractivity contribution in [3.05, 3.63) is 48.3 Å². The average Bonchev–Trinajstić information content (AvgIpc) is 2.34.